The summed E-state index contributed by atoms with van der Waals surface area (Å²) in [5.41, 5.74) is 6.01. The zero-order valence-corrected chi connectivity index (χ0v) is 8.56. The molecule has 2 N–H and O–H groups in total. The molecule has 0 aliphatic carbocycles. The van der Waals surface area contributed by atoms with E-state index in [9.17, 15) is 4.79 Å². The molecule has 72 valence electrons. The monoisotopic (exact) mass is 228 g/mol. The largest absolute Gasteiger partial charge is 0.398 e. The van der Waals surface area contributed by atoms with Crippen molar-refractivity contribution in [1.82, 2.24) is 0 Å². The Balaban J connectivity index is 3.41. The van der Waals surface area contributed by atoms with Crippen LogP contribution < -0.4 is 5.73 Å². The molecule has 0 aliphatic heterocycles. The minimum Gasteiger partial charge on any atom is -0.398 e. The van der Waals surface area contributed by atoms with Gasteiger partial charge in [0.2, 0.25) is 0 Å². The number of alkyl halides is 1. The van der Waals surface area contributed by atoms with Gasteiger partial charge >= 0.3 is 0 Å². The third kappa shape index (κ3) is 1.98. The van der Waals surface area contributed by atoms with Gasteiger partial charge in [0.25, 0.3) is 0 Å². The standard InChI is InChI=1S/C9H6Cl2N2O/c10-3-9(14)6-1-5(11)2-8(13)7(6)4-12/h1-2H,3,13H2. The number of nitrogens with two attached hydrogens (primary N) is 1. The number of nitriles is 1. The maximum Gasteiger partial charge on any atom is 0.179 e. The molecule has 0 saturated carbocycles. The number of rotatable bonds is 2. The Morgan fingerprint density at radius 2 is 2.21 bits per heavy atom. The van der Waals surface area contributed by atoms with E-state index in [4.69, 9.17) is 34.2 Å². The van der Waals surface area contributed by atoms with Gasteiger partial charge in [-0.25, -0.2) is 0 Å². The molecule has 0 aliphatic rings. The van der Waals surface area contributed by atoms with Crippen LogP contribution in [0.1, 0.15) is 15.9 Å². The lowest BCUT2D eigenvalue weighted by Gasteiger charge is -2.04. The molecule has 1 aromatic carbocycles. The van der Waals surface area contributed by atoms with E-state index in [0.717, 1.165) is 0 Å². The van der Waals surface area contributed by atoms with Gasteiger partial charge in [0, 0.05) is 10.6 Å². The van der Waals surface area contributed by atoms with Gasteiger partial charge in [0.1, 0.15) is 6.07 Å². The van der Waals surface area contributed by atoms with Crippen LogP contribution in [0, 0.1) is 11.3 Å². The molecular weight excluding hydrogens is 223 g/mol. The molecule has 0 aromatic heterocycles. The SMILES string of the molecule is N#Cc1c(N)cc(Cl)cc1C(=O)CCl. The quantitative estimate of drug-likeness (QED) is 0.480. The highest BCUT2D eigenvalue weighted by molar-refractivity contribution is 6.33. The number of Topliss-reactive ketones (excluding diaryl/α,β-unsaturated/α-hetero) is 1. The van der Waals surface area contributed by atoms with Crippen LogP contribution >= 0.6 is 23.2 Å². The average molecular weight is 229 g/mol. The summed E-state index contributed by atoms with van der Waals surface area (Å²) in [7, 11) is 0. The van der Waals surface area contributed by atoms with E-state index >= 15 is 0 Å². The van der Waals surface area contributed by atoms with E-state index in [0.29, 0.717) is 5.02 Å². The molecule has 0 amide bonds. The second kappa shape index (κ2) is 4.32. The minimum atomic E-state index is -0.364. The summed E-state index contributed by atoms with van der Waals surface area (Å²) in [5, 5.41) is 9.08. The Morgan fingerprint density at radius 1 is 1.57 bits per heavy atom. The Bertz CT molecular complexity index is 424. The van der Waals surface area contributed by atoms with Crippen molar-refractivity contribution in [3.8, 4) is 6.07 Å². The molecule has 0 atom stereocenters. The lowest BCUT2D eigenvalue weighted by atomic mass is 10.0. The van der Waals surface area contributed by atoms with Crippen molar-refractivity contribution in [2.75, 3.05) is 11.6 Å². The van der Waals surface area contributed by atoms with E-state index in [1.165, 1.54) is 12.1 Å². The van der Waals surface area contributed by atoms with Crippen molar-refractivity contribution in [2.45, 2.75) is 0 Å². The van der Waals surface area contributed by atoms with Gasteiger partial charge in [-0.2, -0.15) is 5.26 Å². The topological polar surface area (TPSA) is 66.9 Å². The summed E-state index contributed by atoms with van der Waals surface area (Å²) in [6, 6.07) is 4.65. The lowest BCUT2D eigenvalue weighted by Crippen LogP contribution is -2.06. The molecule has 3 nitrogen and oxygen atoms in total. The van der Waals surface area contributed by atoms with E-state index < -0.39 is 0 Å². The molecule has 1 aromatic rings. The smallest absolute Gasteiger partial charge is 0.179 e. The molecule has 0 fully saturated rings. The van der Waals surface area contributed by atoms with E-state index in [1.54, 1.807) is 0 Å². The fourth-order valence-corrected chi connectivity index (χ4v) is 1.42. The number of nitrogen functional groups attached to an aromatic ring is 1. The van der Waals surface area contributed by atoms with Crippen molar-refractivity contribution >= 4 is 34.7 Å². The fraction of sp³-hybridized carbons (Fsp3) is 0.111. The second-order valence-corrected chi connectivity index (χ2v) is 3.29. The van der Waals surface area contributed by atoms with Crippen molar-refractivity contribution in [1.29, 1.82) is 5.26 Å². The summed E-state index contributed by atoms with van der Waals surface area (Å²) in [6.45, 7) is 0. The molecule has 14 heavy (non-hydrogen) atoms. The van der Waals surface area contributed by atoms with Crippen LogP contribution in [0.4, 0.5) is 5.69 Å². The number of carbonyl (C=O) groups is 1. The van der Waals surface area contributed by atoms with Crippen molar-refractivity contribution in [3.05, 3.63) is 28.3 Å². The minimum absolute atomic E-state index is 0.125. The third-order valence-electron chi connectivity index (χ3n) is 1.67. The van der Waals surface area contributed by atoms with E-state index in [1.807, 2.05) is 6.07 Å². The zero-order chi connectivity index (χ0) is 10.7. The van der Waals surface area contributed by atoms with Gasteiger partial charge in [-0.3, -0.25) is 4.79 Å². The second-order valence-electron chi connectivity index (χ2n) is 2.59. The maximum absolute atomic E-state index is 11.3. The summed E-state index contributed by atoms with van der Waals surface area (Å²) in [5.74, 6) is -0.563. The number of nitrogens with zero attached hydrogens (tertiary/aromatic N) is 1. The van der Waals surface area contributed by atoms with E-state index in [-0.39, 0.29) is 28.5 Å². The number of anilines is 1. The summed E-state index contributed by atoms with van der Waals surface area (Å²) >= 11 is 11.1. The van der Waals surface area contributed by atoms with Gasteiger partial charge < -0.3 is 5.73 Å². The van der Waals surface area contributed by atoms with Crippen molar-refractivity contribution < 1.29 is 4.79 Å². The molecule has 0 radical (unpaired) electrons. The van der Waals surface area contributed by atoms with Crippen LogP contribution in [0.3, 0.4) is 0 Å². The van der Waals surface area contributed by atoms with Crippen LogP contribution in [-0.2, 0) is 0 Å². The van der Waals surface area contributed by atoms with Crippen molar-refractivity contribution in [3.63, 3.8) is 0 Å². The maximum atomic E-state index is 11.3. The molecule has 0 saturated heterocycles. The van der Waals surface area contributed by atoms with Crippen LogP contribution in [0.5, 0.6) is 0 Å². The van der Waals surface area contributed by atoms with Crippen molar-refractivity contribution in [2.24, 2.45) is 0 Å². The first-order valence-electron chi connectivity index (χ1n) is 3.68. The fourth-order valence-electron chi connectivity index (χ4n) is 1.04. The first kappa shape index (κ1) is 10.8. The molecule has 1 rings (SSSR count). The number of halogens is 2. The van der Waals surface area contributed by atoms with Gasteiger partial charge in [0.05, 0.1) is 17.1 Å². The number of benzene rings is 1. The first-order chi connectivity index (χ1) is 6.60. The number of ketones is 1. The molecule has 0 heterocycles. The normalized spacial score (nSPS) is 9.50. The average Bonchev–Trinajstić information content (AvgIpc) is 2.15. The summed E-state index contributed by atoms with van der Waals surface area (Å²) in [4.78, 5) is 11.3. The Morgan fingerprint density at radius 3 is 2.71 bits per heavy atom. The van der Waals surface area contributed by atoms with Crippen LogP contribution in [0.2, 0.25) is 5.02 Å². The number of hydrogen-bond acceptors (Lipinski definition) is 3. The van der Waals surface area contributed by atoms with Gasteiger partial charge in [-0.05, 0) is 12.1 Å². The Labute approximate surface area is 91.0 Å². The molecule has 0 unspecified atom stereocenters. The number of hydrogen-bond donors (Lipinski definition) is 1. The number of carbonyl (C=O) groups excluding carboxylic acids is 1. The third-order valence-corrected chi connectivity index (χ3v) is 2.13. The Hall–Kier alpha value is -1.24. The Kier molecular flexibility index (Phi) is 3.34. The molecule has 5 heteroatoms. The first-order valence-corrected chi connectivity index (χ1v) is 4.59. The highest BCUT2D eigenvalue weighted by Gasteiger charge is 2.13. The van der Waals surface area contributed by atoms with Gasteiger partial charge in [-0.1, -0.05) is 11.6 Å². The molecule has 0 bridgehead atoms. The van der Waals surface area contributed by atoms with Gasteiger partial charge in [-0.15, -0.1) is 11.6 Å². The van der Waals surface area contributed by atoms with Crippen LogP contribution in [0.25, 0.3) is 0 Å². The predicted molar refractivity (Wildman–Crippen MR) is 55.6 cm³/mol. The summed E-state index contributed by atoms with van der Waals surface area (Å²) < 4.78 is 0. The van der Waals surface area contributed by atoms with Crippen LogP contribution in [-0.4, -0.2) is 11.7 Å². The molecule has 0 spiro atoms. The zero-order valence-electron chi connectivity index (χ0n) is 7.05. The highest BCUT2D eigenvalue weighted by Crippen LogP contribution is 2.23. The van der Waals surface area contributed by atoms with Crippen LogP contribution in [0.15, 0.2) is 12.1 Å². The van der Waals surface area contributed by atoms with E-state index in [2.05, 4.69) is 0 Å². The summed E-state index contributed by atoms with van der Waals surface area (Å²) in [6.07, 6.45) is 0. The van der Waals surface area contributed by atoms with Gasteiger partial charge in [0.15, 0.2) is 5.78 Å². The highest BCUT2D eigenvalue weighted by atomic mass is 35.5. The predicted octanol–water partition coefficient (Wildman–Crippen LogP) is 2.22. The lowest BCUT2D eigenvalue weighted by molar-refractivity contribution is 0.102. The molecular formula is C9H6Cl2N2O.